The fourth-order valence-electron chi connectivity index (χ4n) is 2.64. The van der Waals surface area contributed by atoms with Crippen molar-refractivity contribution in [1.82, 2.24) is 4.90 Å². The molecule has 0 radical (unpaired) electrons. The van der Waals surface area contributed by atoms with Crippen LogP contribution in [-0.2, 0) is 0 Å². The van der Waals surface area contributed by atoms with Crippen LogP contribution in [0.4, 0.5) is 5.69 Å². The number of fused-ring (bicyclic) bond motifs is 3. The highest BCUT2D eigenvalue weighted by molar-refractivity contribution is 6.39. The first kappa shape index (κ1) is 12.3. The van der Waals surface area contributed by atoms with Gasteiger partial charge in [-0.25, -0.2) is 0 Å². The molecule has 0 amide bonds. The molecule has 0 aromatic heterocycles. The fraction of sp³-hybridized carbons (Fsp3) is 0.462. The fourth-order valence-corrected chi connectivity index (χ4v) is 3.12. The molecule has 1 aromatic carbocycles. The number of hydrazone groups is 1. The van der Waals surface area contributed by atoms with Crippen LogP contribution in [0.1, 0.15) is 12.8 Å². The minimum atomic E-state index is 0.605. The highest BCUT2D eigenvalue weighted by Gasteiger charge is 2.30. The summed E-state index contributed by atoms with van der Waals surface area (Å²) in [5, 5.41) is 5.72. The van der Waals surface area contributed by atoms with Gasteiger partial charge in [-0.3, -0.25) is 10.3 Å². The van der Waals surface area contributed by atoms with Gasteiger partial charge < -0.3 is 0 Å². The first-order valence-electron chi connectivity index (χ1n) is 6.23. The van der Waals surface area contributed by atoms with Gasteiger partial charge in [0.25, 0.3) is 0 Å². The summed E-state index contributed by atoms with van der Waals surface area (Å²) in [6.45, 7) is 3.38. The van der Waals surface area contributed by atoms with Gasteiger partial charge in [0, 0.05) is 12.5 Å². The minimum absolute atomic E-state index is 0.605. The second kappa shape index (κ2) is 5.08. The highest BCUT2D eigenvalue weighted by atomic mass is 35.5. The summed E-state index contributed by atoms with van der Waals surface area (Å²) in [4.78, 5) is 2.44. The van der Waals surface area contributed by atoms with E-state index in [4.69, 9.17) is 23.2 Å². The Bertz CT molecular complexity index is 459. The number of benzene rings is 1. The van der Waals surface area contributed by atoms with Gasteiger partial charge in [-0.15, -0.1) is 0 Å². The third-order valence-corrected chi connectivity index (χ3v) is 4.35. The SMILES string of the molecule is Clc1cccc(Cl)c1N/N=C1/CN2CCC1CC2. The summed E-state index contributed by atoms with van der Waals surface area (Å²) in [7, 11) is 0. The predicted molar refractivity (Wildman–Crippen MR) is 76.7 cm³/mol. The standard InChI is InChI=1S/C13H15Cl2N3/c14-10-2-1-3-11(15)13(10)17-16-12-8-18-6-4-9(12)5-7-18/h1-3,9,17H,4-8H2/b16-12-. The lowest BCUT2D eigenvalue weighted by atomic mass is 9.87. The van der Waals surface area contributed by atoms with E-state index in [1.165, 1.54) is 31.6 Å². The predicted octanol–water partition coefficient (Wildman–Crippen LogP) is 3.49. The Morgan fingerprint density at radius 1 is 1.17 bits per heavy atom. The number of hydrogen-bond donors (Lipinski definition) is 1. The largest absolute Gasteiger partial charge is 0.298 e. The number of nitrogens with one attached hydrogen (secondary N) is 1. The Balaban J connectivity index is 1.78. The summed E-state index contributed by atoms with van der Waals surface area (Å²) >= 11 is 12.2. The number of nitrogens with zero attached hydrogens (tertiary/aromatic N) is 2. The summed E-state index contributed by atoms with van der Waals surface area (Å²) in [5.41, 5.74) is 4.96. The number of hydrogen-bond acceptors (Lipinski definition) is 3. The molecule has 0 spiro atoms. The van der Waals surface area contributed by atoms with Gasteiger partial charge in [0.15, 0.2) is 0 Å². The molecular weight excluding hydrogens is 269 g/mol. The van der Waals surface area contributed by atoms with E-state index in [0.717, 1.165) is 6.54 Å². The maximum absolute atomic E-state index is 6.10. The first-order chi connectivity index (χ1) is 8.74. The molecule has 1 aromatic rings. The highest BCUT2D eigenvalue weighted by Crippen LogP contribution is 2.31. The van der Waals surface area contributed by atoms with Gasteiger partial charge in [-0.05, 0) is 38.1 Å². The van der Waals surface area contributed by atoms with Crippen LogP contribution in [0.2, 0.25) is 10.0 Å². The van der Waals surface area contributed by atoms with Gasteiger partial charge in [0.05, 0.1) is 21.4 Å². The van der Waals surface area contributed by atoms with E-state index in [9.17, 15) is 0 Å². The van der Waals surface area contributed by atoms with Crippen molar-refractivity contribution >= 4 is 34.6 Å². The molecule has 18 heavy (non-hydrogen) atoms. The maximum atomic E-state index is 6.10. The summed E-state index contributed by atoms with van der Waals surface area (Å²) in [6, 6.07) is 5.45. The lowest BCUT2D eigenvalue weighted by Gasteiger charge is -2.39. The molecule has 3 aliphatic heterocycles. The van der Waals surface area contributed by atoms with Crippen molar-refractivity contribution in [3.05, 3.63) is 28.2 Å². The van der Waals surface area contributed by atoms with Crippen LogP contribution in [0.15, 0.2) is 23.3 Å². The Hall–Kier alpha value is -0.770. The third-order valence-electron chi connectivity index (χ3n) is 3.72. The van der Waals surface area contributed by atoms with Gasteiger partial charge in [0.1, 0.15) is 0 Å². The molecular formula is C13H15Cl2N3. The summed E-state index contributed by atoms with van der Waals surface area (Å²) < 4.78 is 0. The molecule has 3 nitrogen and oxygen atoms in total. The Labute approximate surface area is 117 Å². The van der Waals surface area contributed by atoms with Crippen LogP contribution in [-0.4, -0.2) is 30.2 Å². The molecule has 4 rings (SSSR count). The molecule has 5 heteroatoms. The van der Waals surface area contributed by atoms with E-state index >= 15 is 0 Å². The number of anilines is 1. The van der Waals surface area contributed by atoms with Crippen molar-refractivity contribution in [2.75, 3.05) is 25.1 Å². The lowest BCUT2D eigenvalue weighted by Crippen LogP contribution is -2.48. The molecule has 96 valence electrons. The molecule has 0 aliphatic carbocycles. The quantitative estimate of drug-likeness (QED) is 0.842. The average Bonchev–Trinajstić information content (AvgIpc) is 2.39. The lowest BCUT2D eigenvalue weighted by molar-refractivity contribution is 0.200. The zero-order valence-corrected chi connectivity index (χ0v) is 11.5. The van der Waals surface area contributed by atoms with Crippen molar-refractivity contribution < 1.29 is 0 Å². The Kier molecular flexibility index (Phi) is 3.46. The average molecular weight is 284 g/mol. The number of halogens is 2. The maximum Gasteiger partial charge on any atom is 0.0934 e. The molecule has 3 saturated heterocycles. The van der Waals surface area contributed by atoms with Gasteiger partial charge in [-0.2, -0.15) is 5.10 Å². The van der Waals surface area contributed by atoms with Gasteiger partial charge in [-0.1, -0.05) is 29.3 Å². The van der Waals surface area contributed by atoms with Crippen LogP contribution >= 0.6 is 23.2 Å². The molecule has 3 fully saturated rings. The van der Waals surface area contributed by atoms with Crippen molar-refractivity contribution in [2.45, 2.75) is 12.8 Å². The van der Waals surface area contributed by atoms with Crippen LogP contribution in [0.25, 0.3) is 0 Å². The van der Waals surface area contributed by atoms with Crippen molar-refractivity contribution in [1.29, 1.82) is 0 Å². The Morgan fingerprint density at radius 2 is 1.83 bits per heavy atom. The molecule has 0 saturated carbocycles. The third kappa shape index (κ3) is 2.35. The van der Waals surface area contributed by atoms with Crippen molar-refractivity contribution in [3.8, 4) is 0 Å². The molecule has 1 N–H and O–H groups in total. The van der Waals surface area contributed by atoms with E-state index < -0.39 is 0 Å². The smallest absolute Gasteiger partial charge is 0.0934 e. The number of piperidine rings is 3. The van der Waals surface area contributed by atoms with Crippen molar-refractivity contribution in [2.24, 2.45) is 11.0 Å². The Morgan fingerprint density at radius 3 is 2.39 bits per heavy atom. The first-order valence-corrected chi connectivity index (χ1v) is 6.98. The minimum Gasteiger partial charge on any atom is -0.298 e. The van der Waals surface area contributed by atoms with Crippen LogP contribution < -0.4 is 5.43 Å². The topological polar surface area (TPSA) is 27.6 Å². The van der Waals surface area contributed by atoms with E-state index in [1.54, 1.807) is 0 Å². The van der Waals surface area contributed by atoms with E-state index in [1.807, 2.05) is 18.2 Å². The van der Waals surface area contributed by atoms with Crippen LogP contribution in [0.3, 0.4) is 0 Å². The van der Waals surface area contributed by atoms with Crippen LogP contribution in [0.5, 0.6) is 0 Å². The molecule has 0 unspecified atom stereocenters. The van der Waals surface area contributed by atoms with E-state index in [-0.39, 0.29) is 0 Å². The zero-order chi connectivity index (χ0) is 12.5. The second-order valence-electron chi connectivity index (χ2n) is 4.86. The van der Waals surface area contributed by atoms with Crippen LogP contribution in [0, 0.1) is 5.92 Å². The zero-order valence-electron chi connectivity index (χ0n) is 10.00. The molecule has 3 aliphatic rings. The summed E-state index contributed by atoms with van der Waals surface area (Å²) in [6.07, 6.45) is 2.44. The van der Waals surface area contributed by atoms with E-state index in [0.29, 0.717) is 21.7 Å². The molecule has 2 bridgehead atoms. The molecule has 0 atom stereocenters. The summed E-state index contributed by atoms with van der Waals surface area (Å²) in [5.74, 6) is 0.628. The van der Waals surface area contributed by atoms with Gasteiger partial charge in [0.2, 0.25) is 0 Å². The van der Waals surface area contributed by atoms with Gasteiger partial charge >= 0.3 is 0 Å². The number of rotatable bonds is 2. The van der Waals surface area contributed by atoms with Crippen molar-refractivity contribution in [3.63, 3.8) is 0 Å². The monoisotopic (exact) mass is 283 g/mol. The van der Waals surface area contributed by atoms with E-state index in [2.05, 4.69) is 15.4 Å². The molecule has 3 heterocycles. The number of para-hydroxylation sites is 1. The second-order valence-corrected chi connectivity index (χ2v) is 5.68. The normalized spacial score (nSPS) is 28.7.